The number of nitrogens with zero attached hydrogens (tertiary/aromatic N) is 2. The molecule has 0 saturated carbocycles. The lowest BCUT2D eigenvalue weighted by Gasteiger charge is -2.21. The molecule has 128 valence electrons. The Balaban J connectivity index is 1.42. The van der Waals surface area contributed by atoms with Gasteiger partial charge in [0.2, 0.25) is 0 Å². The summed E-state index contributed by atoms with van der Waals surface area (Å²) < 4.78 is 14.0. The number of ether oxygens (including phenoxy) is 2. The summed E-state index contributed by atoms with van der Waals surface area (Å²) >= 11 is 3.42. The minimum atomic E-state index is -0.333. The van der Waals surface area contributed by atoms with E-state index in [4.69, 9.17) is 9.47 Å². The Kier molecular flexibility index (Phi) is 4.19. The number of hydrogen-bond acceptors (Lipinski definition) is 4. The second-order valence-corrected chi connectivity index (χ2v) is 6.40. The van der Waals surface area contributed by atoms with E-state index in [0.717, 1.165) is 15.8 Å². The SMILES string of the molecule is O=C(NCc1cn2cc(Br)ccc2n1)Nc1cccc2c1OCCO2. The lowest BCUT2D eigenvalue weighted by Crippen LogP contribution is -2.29. The van der Waals surface area contributed by atoms with Crippen LogP contribution in [0.15, 0.2) is 47.2 Å². The van der Waals surface area contributed by atoms with Crippen molar-refractivity contribution in [3.05, 3.63) is 52.9 Å². The van der Waals surface area contributed by atoms with E-state index >= 15 is 0 Å². The van der Waals surface area contributed by atoms with Gasteiger partial charge in [-0.3, -0.25) is 0 Å². The molecule has 2 aromatic heterocycles. The number of fused-ring (bicyclic) bond motifs is 2. The fourth-order valence-electron chi connectivity index (χ4n) is 2.61. The molecular formula is C17H15BrN4O3. The molecule has 0 aliphatic carbocycles. The standard InChI is InChI=1S/C17H15BrN4O3/c18-11-4-5-15-20-12(10-22(15)9-11)8-19-17(23)21-13-2-1-3-14-16(13)25-7-6-24-14/h1-5,9-10H,6-8H2,(H2,19,21,23). The van der Waals surface area contributed by atoms with Crippen molar-refractivity contribution < 1.29 is 14.3 Å². The fourth-order valence-corrected chi connectivity index (χ4v) is 2.96. The highest BCUT2D eigenvalue weighted by Gasteiger charge is 2.17. The monoisotopic (exact) mass is 402 g/mol. The van der Waals surface area contributed by atoms with Crippen molar-refractivity contribution in [2.75, 3.05) is 18.5 Å². The van der Waals surface area contributed by atoms with Gasteiger partial charge in [-0.05, 0) is 40.2 Å². The highest BCUT2D eigenvalue weighted by Crippen LogP contribution is 2.37. The number of pyridine rings is 1. The van der Waals surface area contributed by atoms with Gasteiger partial charge in [-0.2, -0.15) is 0 Å². The van der Waals surface area contributed by atoms with Crippen LogP contribution >= 0.6 is 15.9 Å². The van der Waals surface area contributed by atoms with Gasteiger partial charge in [0.15, 0.2) is 11.5 Å². The number of halogens is 1. The zero-order chi connectivity index (χ0) is 17.2. The molecule has 0 bridgehead atoms. The second kappa shape index (κ2) is 6.64. The maximum Gasteiger partial charge on any atom is 0.319 e. The summed E-state index contributed by atoms with van der Waals surface area (Å²) in [6.07, 6.45) is 3.79. The number of aromatic nitrogens is 2. The molecule has 2 amide bonds. The number of amides is 2. The molecule has 0 saturated heterocycles. The quantitative estimate of drug-likeness (QED) is 0.705. The minimum absolute atomic E-state index is 0.317. The van der Waals surface area contributed by atoms with Crippen LogP contribution < -0.4 is 20.1 Å². The molecule has 1 aliphatic heterocycles. The summed E-state index contributed by atoms with van der Waals surface area (Å²) in [7, 11) is 0. The predicted octanol–water partition coefficient (Wildman–Crippen LogP) is 3.19. The Morgan fingerprint density at radius 2 is 2.08 bits per heavy atom. The van der Waals surface area contributed by atoms with Crippen molar-refractivity contribution in [3.8, 4) is 11.5 Å². The van der Waals surface area contributed by atoms with E-state index in [1.165, 1.54) is 0 Å². The third-order valence-electron chi connectivity index (χ3n) is 3.71. The molecule has 0 atom stereocenters. The molecule has 1 aliphatic rings. The number of para-hydroxylation sites is 1. The van der Waals surface area contributed by atoms with Crippen LogP contribution in [0, 0.1) is 0 Å². The van der Waals surface area contributed by atoms with E-state index in [9.17, 15) is 4.79 Å². The fraction of sp³-hybridized carbons (Fsp3) is 0.176. The van der Waals surface area contributed by atoms with Gasteiger partial charge in [-0.1, -0.05) is 6.07 Å². The van der Waals surface area contributed by atoms with Crippen molar-refractivity contribution in [1.82, 2.24) is 14.7 Å². The van der Waals surface area contributed by atoms with Crippen LogP contribution in [0.25, 0.3) is 5.65 Å². The minimum Gasteiger partial charge on any atom is -0.486 e. The number of imidazole rings is 1. The molecule has 0 radical (unpaired) electrons. The smallest absolute Gasteiger partial charge is 0.319 e. The molecule has 3 heterocycles. The number of carbonyl (C=O) groups is 1. The van der Waals surface area contributed by atoms with E-state index in [0.29, 0.717) is 36.9 Å². The van der Waals surface area contributed by atoms with Crippen LogP contribution in [0.2, 0.25) is 0 Å². The van der Waals surface area contributed by atoms with Gasteiger partial charge in [0.1, 0.15) is 18.9 Å². The van der Waals surface area contributed by atoms with Crippen LogP contribution in [-0.4, -0.2) is 28.6 Å². The van der Waals surface area contributed by atoms with Crippen molar-refractivity contribution in [2.24, 2.45) is 0 Å². The molecule has 0 spiro atoms. The van der Waals surface area contributed by atoms with E-state index in [2.05, 4.69) is 31.5 Å². The van der Waals surface area contributed by atoms with E-state index in [1.807, 2.05) is 41.1 Å². The first kappa shape index (κ1) is 15.8. The zero-order valence-electron chi connectivity index (χ0n) is 13.2. The Morgan fingerprint density at radius 3 is 3.00 bits per heavy atom. The maximum absolute atomic E-state index is 12.2. The average Bonchev–Trinajstić information content (AvgIpc) is 3.02. The van der Waals surface area contributed by atoms with Gasteiger partial charge < -0.3 is 24.5 Å². The van der Waals surface area contributed by atoms with Gasteiger partial charge in [0.05, 0.1) is 17.9 Å². The van der Waals surface area contributed by atoms with Crippen LogP contribution in [0.5, 0.6) is 11.5 Å². The number of benzene rings is 1. The summed E-state index contributed by atoms with van der Waals surface area (Å²) in [5.74, 6) is 1.19. The summed E-state index contributed by atoms with van der Waals surface area (Å²) in [6.45, 7) is 1.29. The lowest BCUT2D eigenvalue weighted by molar-refractivity contribution is 0.172. The highest BCUT2D eigenvalue weighted by molar-refractivity contribution is 9.10. The van der Waals surface area contributed by atoms with Crippen LogP contribution in [0.3, 0.4) is 0 Å². The molecule has 25 heavy (non-hydrogen) atoms. The Bertz CT molecular complexity index is 941. The number of anilines is 1. The van der Waals surface area contributed by atoms with Crippen LogP contribution in [0.4, 0.5) is 10.5 Å². The first-order valence-corrected chi connectivity index (χ1v) is 8.55. The lowest BCUT2D eigenvalue weighted by atomic mass is 10.2. The van der Waals surface area contributed by atoms with Crippen molar-refractivity contribution in [3.63, 3.8) is 0 Å². The van der Waals surface area contributed by atoms with E-state index < -0.39 is 0 Å². The summed E-state index contributed by atoms with van der Waals surface area (Å²) in [5, 5.41) is 5.58. The topological polar surface area (TPSA) is 76.9 Å². The second-order valence-electron chi connectivity index (χ2n) is 5.48. The van der Waals surface area contributed by atoms with E-state index in [-0.39, 0.29) is 6.03 Å². The van der Waals surface area contributed by atoms with Crippen molar-refractivity contribution in [1.29, 1.82) is 0 Å². The molecular weight excluding hydrogens is 388 g/mol. The third-order valence-corrected chi connectivity index (χ3v) is 4.18. The van der Waals surface area contributed by atoms with Gasteiger partial charge in [-0.25, -0.2) is 9.78 Å². The number of urea groups is 1. The van der Waals surface area contributed by atoms with Crippen LogP contribution in [-0.2, 0) is 6.54 Å². The zero-order valence-corrected chi connectivity index (χ0v) is 14.7. The Labute approximate surface area is 152 Å². The van der Waals surface area contributed by atoms with Crippen LogP contribution in [0.1, 0.15) is 5.69 Å². The highest BCUT2D eigenvalue weighted by atomic mass is 79.9. The summed E-state index contributed by atoms with van der Waals surface area (Å²) in [5.41, 5.74) is 2.17. The molecule has 1 aromatic carbocycles. The molecule has 4 rings (SSSR count). The van der Waals surface area contributed by atoms with Gasteiger partial charge >= 0.3 is 6.03 Å². The largest absolute Gasteiger partial charge is 0.486 e. The normalized spacial score (nSPS) is 12.8. The summed E-state index contributed by atoms with van der Waals surface area (Å²) in [6, 6.07) is 8.89. The van der Waals surface area contributed by atoms with Crippen molar-refractivity contribution in [2.45, 2.75) is 6.54 Å². The summed E-state index contributed by atoms with van der Waals surface area (Å²) in [4.78, 5) is 16.6. The number of carbonyl (C=O) groups excluding carboxylic acids is 1. The van der Waals surface area contributed by atoms with Gasteiger partial charge in [0, 0.05) is 16.9 Å². The first-order chi connectivity index (χ1) is 12.2. The molecule has 8 heteroatoms. The molecule has 3 aromatic rings. The maximum atomic E-state index is 12.2. The predicted molar refractivity (Wildman–Crippen MR) is 96.2 cm³/mol. The molecule has 7 nitrogen and oxygen atoms in total. The molecule has 2 N–H and O–H groups in total. The van der Waals surface area contributed by atoms with E-state index in [1.54, 1.807) is 6.07 Å². The molecule has 0 fully saturated rings. The van der Waals surface area contributed by atoms with Gasteiger partial charge in [-0.15, -0.1) is 0 Å². The Morgan fingerprint density at radius 1 is 1.20 bits per heavy atom. The Hall–Kier alpha value is -2.74. The average molecular weight is 403 g/mol. The first-order valence-electron chi connectivity index (χ1n) is 7.76. The number of hydrogen-bond donors (Lipinski definition) is 2. The molecule has 0 unspecified atom stereocenters. The van der Waals surface area contributed by atoms with Crippen molar-refractivity contribution >= 4 is 33.3 Å². The third kappa shape index (κ3) is 3.39. The number of rotatable bonds is 3. The van der Waals surface area contributed by atoms with Gasteiger partial charge in [0.25, 0.3) is 0 Å². The number of nitrogens with one attached hydrogen (secondary N) is 2.